The summed E-state index contributed by atoms with van der Waals surface area (Å²) in [7, 11) is 0. The third-order valence-corrected chi connectivity index (χ3v) is 5.40. The van der Waals surface area contributed by atoms with Gasteiger partial charge in [0.05, 0.1) is 5.25 Å². The number of ether oxygens (including phenoxy) is 2. The lowest BCUT2D eigenvalue weighted by Crippen LogP contribution is -2.36. The molecule has 0 radical (unpaired) electrons. The van der Waals surface area contributed by atoms with Crippen LogP contribution >= 0.6 is 11.8 Å². The maximum atomic E-state index is 12.9. The second-order valence-electron chi connectivity index (χ2n) is 6.45. The molecule has 0 saturated carbocycles. The summed E-state index contributed by atoms with van der Waals surface area (Å²) in [6, 6.07) is 17.0. The number of anilines is 1. The maximum absolute atomic E-state index is 12.9. The number of para-hydroxylation sites is 3. The minimum atomic E-state index is -0.478. The number of aromatic nitrogens is 2. The molecule has 1 aliphatic heterocycles. The van der Waals surface area contributed by atoms with Crippen LogP contribution in [0, 0.1) is 0 Å². The minimum absolute atomic E-state index is 0.0189. The molecular formula is C21H21N3O4S. The molecule has 0 spiro atoms. The number of hydrogen-bond donors (Lipinski definition) is 0. The molecule has 0 fully saturated rings. The molecule has 150 valence electrons. The van der Waals surface area contributed by atoms with Gasteiger partial charge >= 0.3 is 0 Å². The lowest BCUT2D eigenvalue weighted by atomic mass is 10.2. The van der Waals surface area contributed by atoms with Crippen LogP contribution in [0.25, 0.3) is 0 Å². The van der Waals surface area contributed by atoms with E-state index in [1.165, 1.54) is 11.8 Å². The van der Waals surface area contributed by atoms with E-state index in [1.54, 1.807) is 4.90 Å². The first kappa shape index (κ1) is 19.3. The van der Waals surface area contributed by atoms with Crippen LogP contribution in [0.2, 0.25) is 0 Å². The summed E-state index contributed by atoms with van der Waals surface area (Å²) in [5, 5.41) is 8.09. The van der Waals surface area contributed by atoms with Crippen molar-refractivity contribution in [2.75, 3.05) is 18.1 Å². The molecule has 0 bridgehead atoms. The van der Waals surface area contributed by atoms with Gasteiger partial charge in [-0.1, -0.05) is 42.1 Å². The van der Waals surface area contributed by atoms with E-state index in [-0.39, 0.29) is 17.8 Å². The topological polar surface area (TPSA) is 77.7 Å². The Morgan fingerprint density at radius 1 is 1.14 bits per heavy atom. The SMILES string of the molecule is CCN(C(=O)[C@@H](C)Sc1nnc([C@H]2COc3ccccc3O2)o1)c1ccccc1. The van der Waals surface area contributed by atoms with Crippen molar-refractivity contribution in [3.8, 4) is 11.5 Å². The van der Waals surface area contributed by atoms with Crippen molar-refractivity contribution in [3.05, 3.63) is 60.5 Å². The Morgan fingerprint density at radius 2 is 1.86 bits per heavy atom. The van der Waals surface area contributed by atoms with Crippen LogP contribution in [-0.2, 0) is 4.79 Å². The summed E-state index contributed by atoms with van der Waals surface area (Å²) in [5.41, 5.74) is 0.866. The van der Waals surface area contributed by atoms with Crippen molar-refractivity contribution < 1.29 is 18.7 Å². The van der Waals surface area contributed by atoms with E-state index in [2.05, 4.69) is 10.2 Å². The molecule has 29 heavy (non-hydrogen) atoms. The van der Waals surface area contributed by atoms with Gasteiger partial charge in [0, 0.05) is 12.2 Å². The van der Waals surface area contributed by atoms with E-state index in [0.717, 1.165) is 5.69 Å². The first-order chi connectivity index (χ1) is 14.2. The van der Waals surface area contributed by atoms with Crippen LogP contribution in [0.5, 0.6) is 11.5 Å². The quantitative estimate of drug-likeness (QED) is 0.565. The Hall–Kier alpha value is -3.00. The zero-order valence-corrected chi connectivity index (χ0v) is 17.0. The molecule has 4 rings (SSSR count). The smallest absolute Gasteiger partial charge is 0.277 e. The summed E-state index contributed by atoms with van der Waals surface area (Å²) in [6.45, 7) is 4.65. The van der Waals surface area contributed by atoms with E-state index in [9.17, 15) is 4.79 Å². The van der Waals surface area contributed by atoms with Crippen molar-refractivity contribution in [1.82, 2.24) is 10.2 Å². The molecule has 2 aromatic carbocycles. The number of thioether (sulfide) groups is 1. The van der Waals surface area contributed by atoms with Gasteiger partial charge in [-0.15, -0.1) is 10.2 Å². The summed E-state index contributed by atoms with van der Waals surface area (Å²) >= 11 is 1.23. The lowest BCUT2D eigenvalue weighted by Gasteiger charge is -2.24. The molecule has 1 amide bonds. The Morgan fingerprint density at radius 3 is 2.62 bits per heavy atom. The Kier molecular flexibility index (Phi) is 5.71. The number of nitrogens with zero attached hydrogens (tertiary/aromatic N) is 3. The largest absolute Gasteiger partial charge is 0.485 e. The van der Waals surface area contributed by atoms with Gasteiger partial charge in [0.2, 0.25) is 12.0 Å². The van der Waals surface area contributed by atoms with Crippen molar-refractivity contribution in [2.24, 2.45) is 0 Å². The van der Waals surface area contributed by atoms with E-state index in [1.807, 2.05) is 68.4 Å². The summed E-state index contributed by atoms with van der Waals surface area (Å²) < 4.78 is 17.3. The molecule has 0 N–H and O–H groups in total. The number of benzene rings is 2. The second kappa shape index (κ2) is 8.57. The van der Waals surface area contributed by atoms with E-state index < -0.39 is 6.10 Å². The highest BCUT2D eigenvalue weighted by molar-refractivity contribution is 8.00. The minimum Gasteiger partial charge on any atom is -0.485 e. The molecule has 1 aromatic heterocycles. The second-order valence-corrected chi connectivity index (χ2v) is 7.74. The average Bonchev–Trinajstić information content (AvgIpc) is 3.23. The van der Waals surface area contributed by atoms with Gasteiger partial charge in [-0.3, -0.25) is 4.79 Å². The molecule has 0 saturated heterocycles. The van der Waals surface area contributed by atoms with Gasteiger partial charge in [0.25, 0.3) is 11.1 Å². The van der Waals surface area contributed by atoms with Gasteiger partial charge in [-0.05, 0) is 38.1 Å². The zero-order chi connectivity index (χ0) is 20.2. The number of hydrogen-bond acceptors (Lipinski definition) is 7. The molecule has 0 aliphatic carbocycles. The number of amides is 1. The van der Waals surface area contributed by atoms with E-state index >= 15 is 0 Å². The van der Waals surface area contributed by atoms with Gasteiger partial charge in [0.1, 0.15) is 6.61 Å². The van der Waals surface area contributed by atoms with Gasteiger partial charge < -0.3 is 18.8 Å². The van der Waals surface area contributed by atoms with Crippen LogP contribution in [-0.4, -0.2) is 34.5 Å². The number of carbonyl (C=O) groups is 1. The lowest BCUT2D eigenvalue weighted by molar-refractivity contribution is -0.117. The Balaban J connectivity index is 1.42. The third kappa shape index (κ3) is 4.22. The van der Waals surface area contributed by atoms with Crippen LogP contribution in [0.3, 0.4) is 0 Å². The molecule has 3 aromatic rings. The normalized spacial score (nSPS) is 16.3. The summed E-state index contributed by atoms with van der Waals surface area (Å²) in [4.78, 5) is 14.6. The fraction of sp³-hybridized carbons (Fsp3) is 0.286. The van der Waals surface area contributed by atoms with Gasteiger partial charge in [-0.25, -0.2) is 0 Å². The first-order valence-corrected chi connectivity index (χ1v) is 10.3. The molecule has 1 aliphatic rings. The highest BCUT2D eigenvalue weighted by atomic mass is 32.2. The predicted molar refractivity (Wildman–Crippen MR) is 109 cm³/mol. The van der Waals surface area contributed by atoms with Crippen molar-refractivity contribution >= 4 is 23.4 Å². The zero-order valence-electron chi connectivity index (χ0n) is 16.1. The summed E-state index contributed by atoms with van der Waals surface area (Å²) in [6.07, 6.45) is -0.478. The van der Waals surface area contributed by atoms with Crippen molar-refractivity contribution in [3.63, 3.8) is 0 Å². The summed E-state index contributed by atoms with van der Waals surface area (Å²) in [5.74, 6) is 1.64. The Labute approximate surface area is 173 Å². The fourth-order valence-electron chi connectivity index (χ4n) is 3.03. The van der Waals surface area contributed by atoms with Gasteiger partial charge in [-0.2, -0.15) is 0 Å². The molecule has 7 nitrogen and oxygen atoms in total. The van der Waals surface area contributed by atoms with Crippen molar-refractivity contribution in [2.45, 2.75) is 30.4 Å². The number of carbonyl (C=O) groups excluding carboxylic acids is 1. The highest BCUT2D eigenvalue weighted by Gasteiger charge is 2.29. The molecule has 8 heteroatoms. The van der Waals surface area contributed by atoms with Crippen LogP contribution in [0.1, 0.15) is 25.8 Å². The fourth-order valence-corrected chi connectivity index (χ4v) is 3.79. The molecular weight excluding hydrogens is 390 g/mol. The average molecular weight is 411 g/mol. The number of rotatable bonds is 6. The van der Waals surface area contributed by atoms with E-state index in [0.29, 0.717) is 29.2 Å². The predicted octanol–water partition coefficient (Wildman–Crippen LogP) is 4.12. The Bertz CT molecular complexity index is 979. The van der Waals surface area contributed by atoms with Crippen LogP contribution in [0.4, 0.5) is 5.69 Å². The standard InChI is InChI=1S/C21H21N3O4S/c1-3-24(15-9-5-4-6-10-15)20(25)14(2)29-21-23-22-19(28-21)18-13-26-16-11-7-8-12-17(16)27-18/h4-12,14,18H,3,13H2,1-2H3/t14-,18-/m1/s1. The van der Waals surface area contributed by atoms with Crippen LogP contribution in [0.15, 0.2) is 64.2 Å². The highest BCUT2D eigenvalue weighted by Crippen LogP contribution is 2.36. The monoisotopic (exact) mass is 411 g/mol. The maximum Gasteiger partial charge on any atom is 0.277 e. The molecule has 2 heterocycles. The number of fused-ring (bicyclic) bond motifs is 1. The van der Waals surface area contributed by atoms with Crippen molar-refractivity contribution in [1.29, 1.82) is 0 Å². The van der Waals surface area contributed by atoms with Crippen LogP contribution < -0.4 is 14.4 Å². The third-order valence-electron chi connectivity index (χ3n) is 4.48. The molecule has 0 unspecified atom stereocenters. The molecule has 2 atom stereocenters. The first-order valence-electron chi connectivity index (χ1n) is 9.40. The van der Waals surface area contributed by atoms with Gasteiger partial charge in [0.15, 0.2) is 11.5 Å². The van der Waals surface area contributed by atoms with E-state index in [4.69, 9.17) is 13.9 Å².